The van der Waals surface area contributed by atoms with E-state index >= 15 is 0 Å². The molecule has 3 heterocycles. The van der Waals surface area contributed by atoms with Gasteiger partial charge < -0.3 is 4.90 Å². The molecule has 1 amide bonds. The summed E-state index contributed by atoms with van der Waals surface area (Å²) in [4.78, 5) is 24.9. The third-order valence-electron chi connectivity index (χ3n) is 7.49. The topological polar surface area (TPSA) is 50.5 Å². The van der Waals surface area contributed by atoms with Crippen LogP contribution in [0.4, 0.5) is 8.78 Å². The van der Waals surface area contributed by atoms with E-state index in [0.29, 0.717) is 52.7 Å². The summed E-state index contributed by atoms with van der Waals surface area (Å²) in [6.07, 6.45) is 2.05. The number of thiophene rings is 1. The van der Waals surface area contributed by atoms with Gasteiger partial charge in [0.25, 0.3) is 5.91 Å². The van der Waals surface area contributed by atoms with Gasteiger partial charge in [-0.15, -0.1) is 11.3 Å². The molecule has 0 saturated carbocycles. The molecule has 5 nitrogen and oxygen atoms in total. The van der Waals surface area contributed by atoms with E-state index < -0.39 is 6.55 Å². The van der Waals surface area contributed by atoms with E-state index in [4.69, 9.17) is 16.6 Å². The molecule has 1 aliphatic heterocycles. The molecular formula is C30H31ClF2N4OS. The summed E-state index contributed by atoms with van der Waals surface area (Å²) in [7, 11) is 0. The number of halogens is 3. The minimum atomic E-state index is -2.66. The number of imidazole rings is 1. The second kappa shape index (κ2) is 11.6. The van der Waals surface area contributed by atoms with Crippen molar-refractivity contribution in [2.75, 3.05) is 13.1 Å². The van der Waals surface area contributed by atoms with Gasteiger partial charge in [-0.2, -0.15) is 8.78 Å². The number of para-hydroxylation sites is 2. The van der Waals surface area contributed by atoms with Crippen LogP contribution in [-0.4, -0.2) is 45.2 Å². The number of fused-ring (bicyclic) bond motifs is 1. The largest absolute Gasteiger partial charge is 0.339 e. The first-order valence-electron chi connectivity index (χ1n) is 13.2. The Kier molecular flexibility index (Phi) is 8.14. The van der Waals surface area contributed by atoms with Crippen LogP contribution in [0.5, 0.6) is 0 Å². The zero-order valence-electron chi connectivity index (χ0n) is 22.2. The summed E-state index contributed by atoms with van der Waals surface area (Å²) in [6.45, 7) is 4.48. The zero-order valence-corrected chi connectivity index (χ0v) is 23.8. The quantitative estimate of drug-likeness (QED) is 0.211. The predicted molar refractivity (Wildman–Crippen MR) is 155 cm³/mol. The summed E-state index contributed by atoms with van der Waals surface area (Å²) in [5.74, 6) is 0.196. The van der Waals surface area contributed by atoms with Crippen LogP contribution in [0.3, 0.4) is 0 Å². The van der Waals surface area contributed by atoms with Gasteiger partial charge in [0, 0.05) is 47.1 Å². The summed E-state index contributed by atoms with van der Waals surface area (Å²) in [5.41, 5.74) is 5.32. The lowest BCUT2D eigenvalue weighted by molar-refractivity contribution is 0.0634. The van der Waals surface area contributed by atoms with Crippen molar-refractivity contribution in [1.29, 1.82) is 0 Å². The number of hydrogen-bond acceptors (Lipinski definition) is 4. The molecule has 204 valence electrons. The third kappa shape index (κ3) is 5.63. The lowest BCUT2D eigenvalue weighted by Gasteiger charge is -2.32. The first-order valence-corrected chi connectivity index (χ1v) is 14.5. The summed E-state index contributed by atoms with van der Waals surface area (Å²) < 4.78 is 29.7. The maximum Gasteiger partial charge on any atom is 0.320 e. The van der Waals surface area contributed by atoms with Gasteiger partial charge in [-0.1, -0.05) is 36.7 Å². The predicted octanol–water partition coefficient (Wildman–Crippen LogP) is 8.11. The second-order valence-corrected chi connectivity index (χ2v) is 11.6. The Morgan fingerprint density at radius 1 is 1.15 bits per heavy atom. The maximum absolute atomic E-state index is 14.0. The number of amides is 1. The third-order valence-corrected chi connectivity index (χ3v) is 8.58. The van der Waals surface area contributed by atoms with E-state index in [2.05, 4.69) is 18.8 Å². The Labute approximate surface area is 236 Å². The van der Waals surface area contributed by atoms with Gasteiger partial charge in [-0.3, -0.25) is 14.4 Å². The van der Waals surface area contributed by atoms with E-state index in [1.54, 1.807) is 24.3 Å². The Bertz CT molecular complexity index is 1520. The van der Waals surface area contributed by atoms with E-state index in [9.17, 15) is 13.6 Å². The van der Waals surface area contributed by atoms with Crippen molar-refractivity contribution in [3.8, 4) is 0 Å². The monoisotopic (exact) mass is 568 g/mol. The number of hydrogen-bond donors (Lipinski definition) is 0. The molecule has 1 unspecified atom stereocenters. The Balaban J connectivity index is 1.38. The van der Waals surface area contributed by atoms with E-state index in [1.165, 1.54) is 11.3 Å². The number of likely N-dealkylation sites (tertiary alicyclic amines) is 1. The standard InChI is InChI=1S/C30H31ClF2N4OS/c1-4-19(3)34-27(22-16-26(31)39-17-22)23-15-21(10-9-18(23)2)29(38)36-13-11-20(12-14-36)28-35-24-7-5-6-8-25(24)37(28)30(32)33/h5-10,15-17,19-20,30H,4,11-14H2,1-3H3. The molecule has 39 heavy (non-hydrogen) atoms. The molecule has 1 aliphatic rings. The second-order valence-electron chi connectivity index (χ2n) is 10.1. The van der Waals surface area contributed by atoms with E-state index in [1.807, 2.05) is 41.5 Å². The minimum Gasteiger partial charge on any atom is -0.339 e. The van der Waals surface area contributed by atoms with Gasteiger partial charge in [0.2, 0.25) is 0 Å². The lowest BCUT2D eigenvalue weighted by Crippen LogP contribution is -2.38. The maximum atomic E-state index is 14.0. The van der Waals surface area contributed by atoms with Crippen LogP contribution in [0, 0.1) is 6.92 Å². The highest BCUT2D eigenvalue weighted by molar-refractivity contribution is 7.14. The molecule has 0 N–H and O–H groups in total. The molecule has 4 aromatic rings. The van der Waals surface area contributed by atoms with Crippen molar-refractivity contribution in [2.24, 2.45) is 4.99 Å². The number of alkyl halides is 2. The lowest BCUT2D eigenvalue weighted by atomic mass is 9.94. The van der Waals surface area contributed by atoms with Crippen LogP contribution < -0.4 is 0 Å². The van der Waals surface area contributed by atoms with Crippen molar-refractivity contribution in [3.63, 3.8) is 0 Å². The number of aromatic nitrogens is 2. The molecule has 2 aromatic carbocycles. The first kappa shape index (κ1) is 27.5. The molecule has 0 aliphatic carbocycles. The molecule has 1 fully saturated rings. The summed E-state index contributed by atoms with van der Waals surface area (Å²) >= 11 is 7.71. The SMILES string of the molecule is CCC(C)N=C(c1csc(Cl)c1)c1cc(C(=O)N2CCC(c3nc4ccccc4n3C(F)F)CC2)ccc1C. The Morgan fingerprint density at radius 3 is 2.56 bits per heavy atom. The average molecular weight is 569 g/mol. The Morgan fingerprint density at radius 2 is 1.90 bits per heavy atom. The van der Waals surface area contributed by atoms with Gasteiger partial charge in [0.1, 0.15) is 5.82 Å². The number of nitrogens with zero attached hydrogens (tertiary/aromatic N) is 4. The zero-order chi connectivity index (χ0) is 27.7. The van der Waals surface area contributed by atoms with E-state index in [0.717, 1.165) is 33.4 Å². The fourth-order valence-corrected chi connectivity index (χ4v) is 6.00. The first-order chi connectivity index (χ1) is 18.8. The highest BCUT2D eigenvalue weighted by atomic mass is 35.5. The van der Waals surface area contributed by atoms with Crippen molar-refractivity contribution in [2.45, 2.75) is 58.5 Å². The molecular weight excluding hydrogens is 538 g/mol. The normalized spacial score (nSPS) is 15.9. The van der Waals surface area contributed by atoms with Crippen LogP contribution in [0.1, 0.15) is 78.4 Å². The number of aryl methyl sites for hydroxylation is 1. The summed E-state index contributed by atoms with van der Waals surface area (Å²) in [5, 5.41) is 2.00. The smallest absolute Gasteiger partial charge is 0.320 e. The number of benzene rings is 2. The molecule has 2 aromatic heterocycles. The number of aliphatic imine (C=N–C) groups is 1. The van der Waals surface area contributed by atoms with Crippen molar-refractivity contribution >= 4 is 45.6 Å². The van der Waals surface area contributed by atoms with Crippen molar-refractivity contribution < 1.29 is 13.6 Å². The van der Waals surface area contributed by atoms with E-state index in [-0.39, 0.29) is 17.9 Å². The van der Waals surface area contributed by atoms with Gasteiger partial charge in [0.15, 0.2) is 0 Å². The fraction of sp³-hybridized carbons (Fsp3) is 0.367. The summed E-state index contributed by atoms with van der Waals surface area (Å²) in [6, 6.07) is 14.8. The number of carbonyl (C=O) groups excluding carboxylic acids is 1. The van der Waals surface area contributed by atoms with Gasteiger partial charge in [-0.05, 0) is 69.0 Å². The Hall–Kier alpha value is -3.10. The highest BCUT2D eigenvalue weighted by Crippen LogP contribution is 2.34. The molecule has 5 rings (SSSR count). The van der Waals surface area contributed by atoms with Crippen LogP contribution in [0.2, 0.25) is 4.34 Å². The van der Waals surface area contributed by atoms with Crippen LogP contribution in [0.15, 0.2) is 58.9 Å². The average Bonchev–Trinajstić information content (AvgIpc) is 3.55. The number of carbonyl (C=O) groups is 1. The minimum absolute atomic E-state index is 0.0664. The molecule has 0 radical (unpaired) electrons. The van der Waals surface area contributed by atoms with Crippen LogP contribution >= 0.6 is 22.9 Å². The van der Waals surface area contributed by atoms with Gasteiger partial charge in [0.05, 0.1) is 21.1 Å². The molecule has 0 spiro atoms. The molecule has 9 heteroatoms. The highest BCUT2D eigenvalue weighted by Gasteiger charge is 2.30. The van der Waals surface area contributed by atoms with Gasteiger partial charge in [-0.25, -0.2) is 4.98 Å². The van der Waals surface area contributed by atoms with Crippen LogP contribution in [-0.2, 0) is 0 Å². The van der Waals surface area contributed by atoms with Crippen LogP contribution in [0.25, 0.3) is 11.0 Å². The van der Waals surface area contributed by atoms with Crippen molar-refractivity contribution in [3.05, 3.63) is 86.3 Å². The molecule has 0 bridgehead atoms. The fourth-order valence-electron chi connectivity index (χ4n) is 5.14. The molecule has 1 atom stereocenters. The van der Waals surface area contributed by atoms with Gasteiger partial charge >= 0.3 is 6.55 Å². The number of piperidine rings is 1. The molecule has 1 saturated heterocycles. The number of rotatable bonds is 7. The van der Waals surface area contributed by atoms with Crippen molar-refractivity contribution in [1.82, 2.24) is 14.5 Å².